The molecule has 0 spiro atoms. The van der Waals surface area contributed by atoms with E-state index in [9.17, 15) is 13.2 Å². The highest BCUT2D eigenvalue weighted by Gasteiger charge is 2.26. The van der Waals surface area contributed by atoms with Crippen molar-refractivity contribution < 1.29 is 13.2 Å². The number of urea groups is 1. The Bertz CT molecular complexity index is 661. The summed E-state index contributed by atoms with van der Waals surface area (Å²) in [4.78, 5) is 13.7. The van der Waals surface area contributed by atoms with Gasteiger partial charge in [-0.3, -0.25) is 0 Å². The van der Waals surface area contributed by atoms with Gasteiger partial charge in [-0.15, -0.1) is 0 Å². The molecule has 1 aromatic carbocycles. The number of hydrogen-bond donors (Lipinski definition) is 1. The molecule has 2 amide bonds. The summed E-state index contributed by atoms with van der Waals surface area (Å²) in [7, 11) is -3.37. The highest BCUT2D eigenvalue weighted by atomic mass is 32.2. The molecule has 6 nitrogen and oxygen atoms in total. The zero-order valence-corrected chi connectivity index (χ0v) is 15.3. The Morgan fingerprint density at radius 2 is 2.00 bits per heavy atom. The number of hydrogen-bond acceptors (Lipinski definition) is 3. The van der Waals surface area contributed by atoms with Crippen LogP contribution in [-0.4, -0.2) is 56.4 Å². The number of carbonyl (C=O) groups is 1. The predicted octanol–water partition coefficient (Wildman–Crippen LogP) is 1.95. The third-order valence-electron chi connectivity index (χ3n) is 4.09. The Balaban J connectivity index is 1.98. The molecule has 7 heteroatoms. The molecule has 1 aliphatic rings. The molecule has 0 radical (unpaired) electrons. The largest absolute Gasteiger partial charge is 0.338 e. The van der Waals surface area contributed by atoms with Crippen molar-refractivity contribution in [1.29, 1.82) is 0 Å². The second-order valence-electron chi connectivity index (χ2n) is 6.22. The summed E-state index contributed by atoms with van der Waals surface area (Å²) in [6.07, 6.45) is 1.54. The first-order chi connectivity index (χ1) is 11.4. The van der Waals surface area contributed by atoms with Gasteiger partial charge in [-0.2, -0.15) is 4.31 Å². The average molecular weight is 353 g/mol. The molecule has 1 N–H and O–H groups in total. The van der Waals surface area contributed by atoms with E-state index in [2.05, 4.69) is 5.32 Å². The second kappa shape index (κ2) is 8.48. The summed E-state index contributed by atoms with van der Waals surface area (Å²) in [5, 5.41) is 2.85. The van der Waals surface area contributed by atoms with E-state index in [-0.39, 0.29) is 11.8 Å². The van der Waals surface area contributed by atoms with Gasteiger partial charge < -0.3 is 10.2 Å². The van der Waals surface area contributed by atoms with Crippen molar-refractivity contribution in [2.24, 2.45) is 0 Å². The van der Waals surface area contributed by atoms with Gasteiger partial charge in [0.05, 0.1) is 5.75 Å². The fourth-order valence-electron chi connectivity index (χ4n) is 2.82. The molecule has 0 aromatic heterocycles. The van der Waals surface area contributed by atoms with Gasteiger partial charge in [0.15, 0.2) is 0 Å². The van der Waals surface area contributed by atoms with Gasteiger partial charge in [0.1, 0.15) is 0 Å². The van der Waals surface area contributed by atoms with E-state index in [1.165, 1.54) is 4.31 Å². The SMILES string of the molecule is CCCNC(=O)N1CCCN(S(=O)(=O)Cc2cccc(C)c2)CC1. The van der Waals surface area contributed by atoms with Crippen molar-refractivity contribution in [2.75, 3.05) is 32.7 Å². The van der Waals surface area contributed by atoms with Crippen molar-refractivity contribution in [3.63, 3.8) is 0 Å². The standard InChI is InChI=1S/C17H27N3O3S/c1-3-8-18-17(21)19-9-5-10-20(12-11-19)24(22,23)14-16-7-4-6-15(2)13-16/h4,6-7,13H,3,5,8-12,14H2,1-2H3,(H,18,21). The molecule has 1 heterocycles. The molecule has 0 aliphatic carbocycles. The zero-order chi connectivity index (χ0) is 17.6. The molecule has 0 atom stereocenters. The highest BCUT2D eigenvalue weighted by Crippen LogP contribution is 2.15. The first-order valence-corrected chi connectivity index (χ1v) is 10.1. The first kappa shape index (κ1) is 18.7. The molecule has 24 heavy (non-hydrogen) atoms. The van der Waals surface area contributed by atoms with E-state index in [0.717, 1.165) is 17.5 Å². The van der Waals surface area contributed by atoms with E-state index >= 15 is 0 Å². The Morgan fingerprint density at radius 1 is 1.21 bits per heavy atom. The van der Waals surface area contributed by atoms with Crippen molar-refractivity contribution in [2.45, 2.75) is 32.4 Å². The number of amides is 2. The lowest BCUT2D eigenvalue weighted by molar-refractivity contribution is 0.200. The van der Waals surface area contributed by atoms with E-state index < -0.39 is 10.0 Å². The number of nitrogens with one attached hydrogen (secondary N) is 1. The summed E-state index contributed by atoms with van der Waals surface area (Å²) in [6, 6.07) is 7.47. The van der Waals surface area contributed by atoms with E-state index in [4.69, 9.17) is 0 Å². The van der Waals surface area contributed by atoms with Gasteiger partial charge >= 0.3 is 6.03 Å². The molecule has 0 unspecified atom stereocenters. The monoisotopic (exact) mass is 353 g/mol. The Labute approximate surface area is 144 Å². The van der Waals surface area contributed by atoms with Crippen LogP contribution < -0.4 is 5.32 Å². The van der Waals surface area contributed by atoms with Gasteiger partial charge in [0.25, 0.3) is 0 Å². The normalized spacial score (nSPS) is 16.7. The number of benzene rings is 1. The second-order valence-corrected chi connectivity index (χ2v) is 8.19. The van der Waals surface area contributed by atoms with Crippen LogP contribution in [0.4, 0.5) is 4.79 Å². The van der Waals surface area contributed by atoms with Crippen LogP contribution in [0.3, 0.4) is 0 Å². The number of nitrogens with zero attached hydrogens (tertiary/aromatic N) is 2. The molecule has 2 rings (SSSR count). The summed E-state index contributed by atoms with van der Waals surface area (Å²) in [5.74, 6) is 0.0106. The lowest BCUT2D eigenvalue weighted by atomic mass is 10.2. The Morgan fingerprint density at radius 3 is 2.71 bits per heavy atom. The fourth-order valence-corrected chi connectivity index (χ4v) is 4.37. The smallest absolute Gasteiger partial charge is 0.317 e. The quantitative estimate of drug-likeness (QED) is 0.880. The lowest BCUT2D eigenvalue weighted by Gasteiger charge is -2.22. The summed E-state index contributed by atoms with van der Waals surface area (Å²) in [5.41, 5.74) is 1.86. The van der Waals surface area contributed by atoms with E-state index in [1.807, 2.05) is 38.1 Å². The van der Waals surface area contributed by atoms with Gasteiger partial charge in [0, 0.05) is 32.7 Å². The maximum Gasteiger partial charge on any atom is 0.317 e. The average Bonchev–Trinajstić information content (AvgIpc) is 2.79. The molecule has 134 valence electrons. The van der Waals surface area contributed by atoms with Crippen molar-refractivity contribution in [3.8, 4) is 0 Å². The predicted molar refractivity (Wildman–Crippen MR) is 95.3 cm³/mol. The topological polar surface area (TPSA) is 69.7 Å². The van der Waals surface area contributed by atoms with Crippen LogP contribution in [-0.2, 0) is 15.8 Å². The molecular formula is C17H27N3O3S. The van der Waals surface area contributed by atoms with Crippen LogP contribution >= 0.6 is 0 Å². The number of sulfonamides is 1. The maximum atomic E-state index is 12.7. The third kappa shape index (κ3) is 5.21. The highest BCUT2D eigenvalue weighted by molar-refractivity contribution is 7.88. The summed E-state index contributed by atoms with van der Waals surface area (Å²) < 4.78 is 26.9. The van der Waals surface area contributed by atoms with Crippen molar-refractivity contribution in [3.05, 3.63) is 35.4 Å². The molecular weight excluding hydrogens is 326 g/mol. The molecule has 0 saturated carbocycles. The van der Waals surface area contributed by atoms with Gasteiger partial charge in [-0.05, 0) is 25.3 Å². The van der Waals surface area contributed by atoms with Crippen molar-refractivity contribution >= 4 is 16.1 Å². The van der Waals surface area contributed by atoms with Crippen LogP contribution in [0.5, 0.6) is 0 Å². The van der Waals surface area contributed by atoms with Crippen LogP contribution in [0.25, 0.3) is 0 Å². The van der Waals surface area contributed by atoms with Crippen LogP contribution in [0, 0.1) is 6.92 Å². The number of aryl methyl sites for hydroxylation is 1. The fraction of sp³-hybridized carbons (Fsp3) is 0.588. The molecule has 1 saturated heterocycles. The van der Waals surface area contributed by atoms with Crippen LogP contribution in [0.2, 0.25) is 0 Å². The minimum absolute atomic E-state index is 0.0106. The molecule has 1 aromatic rings. The van der Waals surface area contributed by atoms with Crippen LogP contribution in [0.1, 0.15) is 30.9 Å². The molecule has 0 bridgehead atoms. The minimum atomic E-state index is -3.37. The third-order valence-corrected chi connectivity index (χ3v) is 5.94. The Hall–Kier alpha value is -1.60. The van der Waals surface area contributed by atoms with Crippen molar-refractivity contribution in [1.82, 2.24) is 14.5 Å². The van der Waals surface area contributed by atoms with Gasteiger partial charge in [-0.25, -0.2) is 13.2 Å². The Kier molecular flexibility index (Phi) is 6.62. The minimum Gasteiger partial charge on any atom is -0.338 e. The van der Waals surface area contributed by atoms with Crippen LogP contribution in [0.15, 0.2) is 24.3 Å². The summed E-state index contributed by atoms with van der Waals surface area (Å²) in [6.45, 7) is 6.44. The van der Waals surface area contributed by atoms with E-state index in [1.54, 1.807) is 4.90 Å². The summed E-state index contributed by atoms with van der Waals surface area (Å²) >= 11 is 0. The zero-order valence-electron chi connectivity index (χ0n) is 14.5. The van der Waals surface area contributed by atoms with E-state index in [0.29, 0.717) is 39.1 Å². The molecule has 1 fully saturated rings. The lowest BCUT2D eigenvalue weighted by Crippen LogP contribution is -2.42. The first-order valence-electron chi connectivity index (χ1n) is 8.48. The van der Waals surface area contributed by atoms with Gasteiger partial charge in [-0.1, -0.05) is 36.8 Å². The number of carbonyl (C=O) groups excluding carboxylic acids is 1. The van der Waals surface area contributed by atoms with Gasteiger partial charge in [0.2, 0.25) is 10.0 Å². The maximum absolute atomic E-state index is 12.7. The number of rotatable bonds is 5. The molecule has 1 aliphatic heterocycles.